The van der Waals surface area contributed by atoms with E-state index in [2.05, 4.69) is 21.9 Å². The summed E-state index contributed by atoms with van der Waals surface area (Å²) >= 11 is 0. The average Bonchev–Trinajstić information content (AvgIpc) is 3.15. The van der Waals surface area contributed by atoms with Crippen molar-refractivity contribution in [2.24, 2.45) is 0 Å². The molecular formula is C22H21N3O3. The molecule has 1 aromatic heterocycles. The second kappa shape index (κ2) is 7.68. The van der Waals surface area contributed by atoms with Crippen molar-refractivity contribution in [1.82, 2.24) is 5.16 Å². The molecule has 2 N–H and O–H groups in total. The quantitative estimate of drug-likeness (QED) is 0.712. The molecule has 4 rings (SSSR count). The molecule has 2 amide bonds. The number of aromatic nitrogens is 1. The highest BCUT2D eigenvalue weighted by molar-refractivity contribution is 6.05. The van der Waals surface area contributed by atoms with Crippen LogP contribution in [0.2, 0.25) is 0 Å². The Morgan fingerprint density at radius 3 is 2.46 bits per heavy atom. The summed E-state index contributed by atoms with van der Waals surface area (Å²) in [6.45, 7) is 1.68. The number of fused-ring (bicyclic) bond motifs is 1. The van der Waals surface area contributed by atoms with Gasteiger partial charge in [0.05, 0.1) is 12.1 Å². The SMILES string of the molecule is Cc1oncc1C(=O)Nc1ccc(NC(=O)[C@@H]2CCCc3ccccc32)cc1. The number of hydrogen-bond donors (Lipinski definition) is 2. The highest BCUT2D eigenvalue weighted by Crippen LogP contribution is 2.32. The monoisotopic (exact) mass is 375 g/mol. The van der Waals surface area contributed by atoms with Gasteiger partial charge in [-0.3, -0.25) is 9.59 Å². The molecule has 6 nitrogen and oxygen atoms in total. The van der Waals surface area contributed by atoms with Crippen LogP contribution >= 0.6 is 0 Å². The van der Waals surface area contributed by atoms with E-state index in [4.69, 9.17) is 4.52 Å². The number of benzene rings is 2. The van der Waals surface area contributed by atoms with Gasteiger partial charge in [-0.1, -0.05) is 29.4 Å². The summed E-state index contributed by atoms with van der Waals surface area (Å²) in [6.07, 6.45) is 4.29. The Morgan fingerprint density at radius 2 is 1.75 bits per heavy atom. The Bertz CT molecular complexity index is 1010. The third-order valence-electron chi connectivity index (χ3n) is 5.09. The molecule has 28 heavy (non-hydrogen) atoms. The van der Waals surface area contributed by atoms with Gasteiger partial charge < -0.3 is 15.2 Å². The predicted octanol–water partition coefficient (Wildman–Crippen LogP) is 4.29. The van der Waals surface area contributed by atoms with Crippen molar-refractivity contribution >= 4 is 23.2 Å². The van der Waals surface area contributed by atoms with Crippen molar-refractivity contribution in [3.8, 4) is 0 Å². The van der Waals surface area contributed by atoms with E-state index in [1.807, 2.05) is 18.2 Å². The number of carbonyl (C=O) groups is 2. The lowest BCUT2D eigenvalue weighted by atomic mass is 9.82. The minimum atomic E-state index is -0.283. The molecular weight excluding hydrogens is 354 g/mol. The van der Waals surface area contributed by atoms with Gasteiger partial charge in [-0.2, -0.15) is 0 Å². The fourth-order valence-electron chi connectivity index (χ4n) is 3.61. The number of nitrogens with zero attached hydrogens (tertiary/aromatic N) is 1. The fourth-order valence-corrected chi connectivity index (χ4v) is 3.61. The summed E-state index contributed by atoms with van der Waals surface area (Å²) < 4.78 is 4.91. The van der Waals surface area contributed by atoms with Crippen molar-refractivity contribution in [3.63, 3.8) is 0 Å². The molecule has 0 aliphatic heterocycles. The van der Waals surface area contributed by atoms with Crippen molar-refractivity contribution in [1.29, 1.82) is 0 Å². The number of hydrogen-bond acceptors (Lipinski definition) is 4. The summed E-state index contributed by atoms with van der Waals surface area (Å²) in [7, 11) is 0. The molecule has 1 aliphatic carbocycles. The summed E-state index contributed by atoms with van der Waals surface area (Å²) in [4.78, 5) is 25.0. The zero-order chi connectivity index (χ0) is 19.5. The van der Waals surface area contributed by atoms with E-state index < -0.39 is 0 Å². The summed E-state index contributed by atoms with van der Waals surface area (Å²) in [5.74, 6) is 0.0634. The first-order valence-corrected chi connectivity index (χ1v) is 9.33. The van der Waals surface area contributed by atoms with E-state index >= 15 is 0 Å². The number of anilines is 2. The van der Waals surface area contributed by atoms with Crippen LogP contribution in [-0.2, 0) is 11.2 Å². The first-order valence-electron chi connectivity index (χ1n) is 9.33. The van der Waals surface area contributed by atoms with E-state index in [-0.39, 0.29) is 17.7 Å². The largest absolute Gasteiger partial charge is 0.361 e. The minimum absolute atomic E-state index is 0.00373. The van der Waals surface area contributed by atoms with Gasteiger partial charge in [0.25, 0.3) is 5.91 Å². The highest BCUT2D eigenvalue weighted by Gasteiger charge is 2.26. The lowest BCUT2D eigenvalue weighted by molar-refractivity contribution is -0.117. The summed E-state index contributed by atoms with van der Waals surface area (Å²) in [6, 6.07) is 15.2. The maximum absolute atomic E-state index is 12.8. The summed E-state index contributed by atoms with van der Waals surface area (Å²) in [5.41, 5.74) is 4.11. The van der Waals surface area contributed by atoms with Crippen LogP contribution in [0.4, 0.5) is 11.4 Å². The van der Waals surface area contributed by atoms with E-state index in [0.717, 1.165) is 24.8 Å². The third kappa shape index (κ3) is 3.67. The van der Waals surface area contributed by atoms with Crippen molar-refractivity contribution < 1.29 is 14.1 Å². The van der Waals surface area contributed by atoms with Crippen molar-refractivity contribution in [2.75, 3.05) is 10.6 Å². The number of carbonyl (C=O) groups excluding carboxylic acids is 2. The third-order valence-corrected chi connectivity index (χ3v) is 5.09. The first kappa shape index (κ1) is 18.0. The Hall–Kier alpha value is -3.41. The predicted molar refractivity (Wildman–Crippen MR) is 106 cm³/mol. The molecule has 142 valence electrons. The molecule has 0 fully saturated rings. The number of nitrogens with one attached hydrogen (secondary N) is 2. The molecule has 0 unspecified atom stereocenters. The average molecular weight is 375 g/mol. The molecule has 1 atom stereocenters. The maximum atomic E-state index is 12.8. The molecule has 0 bridgehead atoms. The standard InChI is InChI=1S/C22H21N3O3/c1-14-20(13-23-28-14)22(27)25-17-11-9-16(10-12-17)24-21(26)19-8-4-6-15-5-2-3-7-18(15)19/h2-3,5,7,9-13,19H,4,6,8H2,1H3,(H,24,26)(H,25,27)/t19-/m1/s1. The minimum Gasteiger partial charge on any atom is -0.361 e. The van der Waals surface area contributed by atoms with Gasteiger partial charge in [-0.05, 0) is 61.6 Å². The molecule has 0 saturated heterocycles. The number of aryl methyl sites for hydroxylation is 2. The van der Waals surface area contributed by atoms with Crippen LogP contribution in [0.15, 0.2) is 59.3 Å². The molecule has 2 aromatic carbocycles. The lowest BCUT2D eigenvalue weighted by Crippen LogP contribution is -2.24. The summed E-state index contributed by atoms with van der Waals surface area (Å²) in [5, 5.41) is 9.39. The fraction of sp³-hybridized carbons (Fsp3) is 0.227. The molecule has 3 aromatic rings. The number of rotatable bonds is 4. The van der Waals surface area contributed by atoms with E-state index in [9.17, 15) is 9.59 Å². The molecule has 0 saturated carbocycles. The zero-order valence-corrected chi connectivity index (χ0v) is 15.6. The molecule has 0 radical (unpaired) electrons. The van der Waals surface area contributed by atoms with Gasteiger partial charge >= 0.3 is 0 Å². The van der Waals surface area contributed by atoms with Crippen LogP contribution in [0.3, 0.4) is 0 Å². The van der Waals surface area contributed by atoms with Gasteiger partial charge in [0.15, 0.2) is 0 Å². The van der Waals surface area contributed by atoms with Crippen LogP contribution in [0, 0.1) is 6.92 Å². The first-order chi connectivity index (χ1) is 13.6. The highest BCUT2D eigenvalue weighted by atomic mass is 16.5. The van der Waals surface area contributed by atoms with Crippen LogP contribution in [0.1, 0.15) is 46.0 Å². The molecule has 0 spiro atoms. The van der Waals surface area contributed by atoms with Gasteiger partial charge in [0, 0.05) is 11.4 Å². The lowest BCUT2D eigenvalue weighted by Gasteiger charge is -2.24. The van der Waals surface area contributed by atoms with Crippen LogP contribution < -0.4 is 10.6 Å². The Kier molecular flexibility index (Phi) is 4.93. The van der Waals surface area contributed by atoms with Crippen LogP contribution in [0.5, 0.6) is 0 Å². The van der Waals surface area contributed by atoms with Crippen LogP contribution in [-0.4, -0.2) is 17.0 Å². The smallest absolute Gasteiger partial charge is 0.260 e. The molecule has 1 aliphatic rings. The van der Waals surface area contributed by atoms with E-state index in [1.54, 1.807) is 31.2 Å². The number of amides is 2. The second-order valence-electron chi connectivity index (χ2n) is 6.96. The zero-order valence-electron chi connectivity index (χ0n) is 15.6. The van der Waals surface area contributed by atoms with Crippen molar-refractivity contribution in [2.45, 2.75) is 32.1 Å². The van der Waals surface area contributed by atoms with Gasteiger partial charge in [0.2, 0.25) is 5.91 Å². The topological polar surface area (TPSA) is 84.2 Å². The molecule has 6 heteroatoms. The second-order valence-corrected chi connectivity index (χ2v) is 6.96. The van der Waals surface area contributed by atoms with E-state index in [1.165, 1.54) is 11.8 Å². The van der Waals surface area contributed by atoms with Crippen molar-refractivity contribution in [3.05, 3.63) is 77.2 Å². The van der Waals surface area contributed by atoms with E-state index in [0.29, 0.717) is 22.7 Å². The van der Waals surface area contributed by atoms with Gasteiger partial charge in [0.1, 0.15) is 11.3 Å². The molecule has 1 heterocycles. The Labute approximate surface area is 162 Å². The Balaban J connectivity index is 1.42. The van der Waals surface area contributed by atoms with Gasteiger partial charge in [-0.15, -0.1) is 0 Å². The maximum Gasteiger partial charge on any atom is 0.260 e. The van der Waals surface area contributed by atoms with Crippen LogP contribution in [0.25, 0.3) is 0 Å². The normalized spacial score (nSPS) is 15.5. The van der Waals surface area contributed by atoms with Gasteiger partial charge in [-0.25, -0.2) is 0 Å². The Morgan fingerprint density at radius 1 is 1.04 bits per heavy atom.